The molecule has 1 aromatic carbocycles. The average Bonchev–Trinajstić information content (AvgIpc) is 2.84. The first kappa shape index (κ1) is 14.3. The average molecular weight is 264 g/mol. The molecule has 1 fully saturated rings. The van der Waals surface area contributed by atoms with Crippen molar-refractivity contribution in [2.45, 2.75) is 58.7 Å². The Morgan fingerprint density at radius 2 is 2.21 bits per heavy atom. The number of para-hydroxylation sites is 1. The molecule has 1 aliphatic rings. The van der Waals surface area contributed by atoms with E-state index in [2.05, 4.69) is 31.0 Å². The Bertz CT molecular complexity index is 417. The minimum atomic E-state index is -0.0802. The third-order valence-corrected chi connectivity index (χ3v) is 3.91. The van der Waals surface area contributed by atoms with Crippen LogP contribution in [0.4, 0.5) is 10.1 Å². The van der Waals surface area contributed by atoms with Crippen molar-refractivity contribution >= 4 is 5.69 Å². The van der Waals surface area contributed by atoms with Gasteiger partial charge in [-0.1, -0.05) is 32.9 Å². The Balaban J connectivity index is 2.26. The van der Waals surface area contributed by atoms with Crippen molar-refractivity contribution in [3.8, 4) is 0 Å². The predicted octanol–water partition coefficient (Wildman–Crippen LogP) is 3.70. The molecule has 1 aromatic rings. The molecule has 1 aliphatic heterocycles. The second kappa shape index (κ2) is 6.38. The summed E-state index contributed by atoms with van der Waals surface area (Å²) in [6.07, 6.45) is 3.44. The van der Waals surface area contributed by atoms with Crippen LogP contribution in [0.25, 0.3) is 0 Å². The van der Waals surface area contributed by atoms with E-state index in [0.29, 0.717) is 12.1 Å². The first-order chi connectivity index (χ1) is 9.13. The fraction of sp³-hybridized carbons (Fsp3) is 0.625. The van der Waals surface area contributed by atoms with Crippen molar-refractivity contribution in [2.75, 3.05) is 11.4 Å². The zero-order chi connectivity index (χ0) is 13.8. The third kappa shape index (κ3) is 3.27. The van der Waals surface area contributed by atoms with Crippen LogP contribution < -0.4 is 10.2 Å². The lowest BCUT2D eigenvalue weighted by Crippen LogP contribution is -2.31. The van der Waals surface area contributed by atoms with Gasteiger partial charge in [0.15, 0.2) is 0 Å². The van der Waals surface area contributed by atoms with E-state index in [1.807, 2.05) is 12.1 Å². The zero-order valence-electron chi connectivity index (χ0n) is 12.2. The lowest BCUT2D eigenvalue weighted by Gasteiger charge is -2.29. The maximum atomic E-state index is 14.3. The molecule has 1 atom stereocenters. The van der Waals surface area contributed by atoms with Crippen LogP contribution in [0.5, 0.6) is 0 Å². The minimum absolute atomic E-state index is 0.0802. The summed E-state index contributed by atoms with van der Waals surface area (Å²) < 4.78 is 14.3. The molecule has 106 valence electrons. The summed E-state index contributed by atoms with van der Waals surface area (Å²) in [4.78, 5) is 2.27. The van der Waals surface area contributed by atoms with E-state index in [0.717, 1.165) is 30.8 Å². The number of hydrogen-bond acceptors (Lipinski definition) is 2. The molecule has 2 rings (SSSR count). The van der Waals surface area contributed by atoms with Crippen molar-refractivity contribution < 1.29 is 4.39 Å². The van der Waals surface area contributed by atoms with Crippen molar-refractivity contribution in [3.05, 3.63) is 29.6 Å². The normalized spacial score (nSPS) is 19.4. The molecule has 0 saturated carbocycles. The highest BCUT2D eigenvalue weighted by atomic mass is 19.1. The first-order valence-electron chi connectivity index (χ1n) is 7.41. The molecule has 3 heteroatoms. The van der Waals surface area contributed by atoms with Crippen LogP contribution in [0, 0.1) is 5.82 Å². The number of rotatable bonds is 5. The van der Waals surface area contributed by atoms with Gasteiger partial charge in [-0.3, -0.25) is 0 Å². The molecule has 0 spiro atoms. The van der Waals surface area contributed by atoms with Gasteiger partial charge in [0.05, 0.1) is 5.69 Å². The van der Waals surface area contributed by atoms with E-state index < -0.39 is 0 Å². The molecule has 0 amide bonds. The SMILES string of the molecule is CCC1CCCN1c1c(F)cccc1CNC(C)C. The molecule has 1 heterocycles. The van der Waals surface area contributed by atoms with E-state index in [4.69, 9.17) is 0 Å². The van der Waals surface area contributed by atoms with E-state index in [9.17, 15) is 4.39 Å². The highest BCUT2D eigenvalue weighted by molar-refractivity contribution is 5.56. The fourth-order valence-electron chi connectivity index (χ4n) is 2.89. The van der Waals surface area contributed by atoms with Crippen molar-refractivity contribution in [3.63, 3.8) is 0 Å². The van der Waals surface area contributed by atoms with Gasteiger partial charge in [0.25, 0.3) is 0 Å². The van der Waals surface area contributed by atoms with Gasteiger partial charge in [-0.05, 0) is 30.9 Å². The topological polar surface area (TPSA) is 15.3 Å². The summed E-state index contributed by atoms with van der Waals surface area (Å²) >= 11 is 0. The summed E-state index contributed by atoms with van der Waals surface area (Å²) in [5.41, 5.74) is 1.90. The van der Waals surface area contributed by atoms with Gasteiger partial charge in [0.2, 0.25) is 0 Å². The van der Waals surface area contributed by atoms with Crippen molar-refractivity contribution in [1.29, 1.82) is 0 Å². The predicted molar refractivity (Wildman–Crippen MR) is 79.0 cm³/mol. The largest absolute Gasteiger partial charge is 0.366 e. The monoisotopic (exact) mass is 264 g/mol. The van der Waals surface area contributed by atoms with Crippen LogP contribution >= 0.6 is 0 Å². The Hall–Kier alpha value is -1.09. The lowest BCUT2D eigenvalue weighted by molar-refractivity contribution is 0.569. The Morgan fingerprint density at radius 3 is 2.89 bits per heavy atom. The zero-order valence-corrected chi connectivity index (χ0v) is 12.2. The van der Waals surface area contributed by atoms with Crippen LogP contribution in [-0.2, 0) is 6.54 Å². The van der Waals surface area contributed by atoms with E-state index in [-0.39, 0.29) is 5.82 Å². The smallest absolute Gasteiger partial charge is 0.146 e. The summed E-state index contributed by atoms with van der Waals surface area (Å²) in [7, 11) is 0. The van der Waals surface area contributed by atoms with Crippen molar-refractivity contribution in [2.24, 2.45) is 0 Å². The number of nitrogens with one attached hydrogen (secondary N) is 1. The van der Waals surface area contributed by atoms with Gasteiger partial charge in [0.1, 0.15) is 5.82 Å². The Labute approximate surface area is 116 Å². The van der Waals surface area contributed by atoms with Crippen LogP contribution in [0.1, 0.15) is 45.6 Å². The Morgan fingerprint density at radius 1 is 1.42 bits per heavy atom. The highest BCUT2D eigenvalue weighted by Gasteiger charge is 2.27. The summed E-state index contributed by atoms with van der Waals surface area (Å²) in [6, 6.07) is 6.34. The van der Waals surface area contributed by atoms with Gasteiger partial charge in [-0.25, -0.2) is 4.39 Å². The highest BCUT2D eigenvalue weighted by Crippen LogP contribution is 2.32. The number of hydrogen-bond donors (Lipinski definition) is 1. The molecule has 0 bridgehead atoms. The maximum Gasteiger partial charge on any atom is 0.146 e. The first-order valence-corrected chi connectivity index (χ1v) is 7.41. The third-order valence-electron chi connectivity index (χ3n) is 3.91. The molecule has 0 radical (unpaired) electrons. The molecule has 1 N–H and O–H groups in total. The summed E-state index contributed by atoms with van der Waals surface area (Å²) in [6.45, 7) is 8.13. The van der Waals surface area contributed by atoms with Gasteiger partial charge in [-0.15, -0.1) is 0 Å². The van der Waals surface area contributed by atoms with Gasteiger partial charge in [0, 0.05) is 25.2 Å². The summed E-state index contributed by atoms with van der Waals surface area (Å²) in [5, 5.41) is 3.39. The second-order valence-electron chi connectivity index (χ2n) is 5.68. The molecule has 1 unspecified atom stereocenters. The van der Waals surface area contributed by atoms with Crippen LogP contribution in [0.3, 0.4) is 0 Å². The van der Waals surface area contributed by atoms with Crippen LogP contribution in [0.2, 0.25) is 0 Å². The van der Waals surface area contributed by atoms with Crippen LogP contribution in [0.15, 0.2) is 18.2 Å². The Kier molecular flexibility index (Phi) is 4.81. The maximum absolute atomic E-state index is 14.3. The molecule has 1 saturated heterocycles. The van der Waals surface area contributed by atoms with Gasteiger partial charge >= 0.3 is 0 Å². The molecule has 19 heavy (non-hydrogen) atoms. The minimum Gasteiger partial charge on any atom is -0.366 e. The quantitative estimate of drug-likeness (QED) is 0.872. The molecular formula is C16H25FN2. The number of halogens is 1. The fourth-order valence-corrected chi connectivity index (χ4v) is 2.89. The van der Waals surface area contributed by atoms with Gasteiger partial charge in [-0.2, -0.15) is 0 Å². The summed E-state index contributed by atoms with van der Waals surface area (Å²) in [5.74, 6) is -0.0802. The number of nitrogens with zero attached hydrogens (tertiary/aromatic N) is 1. The molecule has 2 nitrogen and oxygen atoms in total. The van der Waals surface area contributed by atoms with E-state index in [1.54, 1.807) is 6.07 Å². The molecule has 0 aromatic heterocycles. The van der Waals surface area contributed by atoms with Crippen molar-refractivity contribution in [1.82, 2.24) is 5.32 Å². The van der Waals surface area contributed by atoms with E-state index in [1.165, 1.54) is 12.8 Å². The molecular weight excluding hydrogens is 239 g/mol. The second-order valence-corrected chi connectivity index (χ2v) is 5.68. The number of benzene rings is 1. The standard InChI is InChI=1S/C16H25FN2/c1-4-14-8-6-10-19(14)16-13(11-18-12(2)3)7-5-9-15(16)17/h5,7,9,12,14,18H,4,6,8,10-11H2,1-3H3. The van der Waals surface area contributed by atoms with Crippen LogP contribution in [-0.4, -0.2) is 18.6 Å². The lowest BCUT2D eigenvalue weighted by atomic mass is 10.1. The molecule has 0 aliphatic carbocycles. The van der Waals surface area contributed by atoms with Gasteiger partial charge < -0.3 is 10.2 Å². The number of anilines is 1. The van der Waals surface area contributed by atoms with E-state index >= 15 is 0 Å².